The Balaban J connectivity index is 1.63. The van der Waals surface area contributed by atoms with Gasteiger partial charge in [-0.2, -0.15) is 0 Å². The van der Waals surface area contributed by atoms with Crippen LogP contribution in [0.5, 0.6) is 5.88 Å². The van der Waals surface area contributed by atoms with Gasteiger partial charge >= 0.3 is 0 Å². The fourth-order valence-corrected chi connectivity index (χ4v) is 3.60. The first-order valence-corrected chi connectivity index (χ1v) is 9.59. The minimum Gasteiger partial charge on any atom is -0.476 e. The van der Waals surface area contributed by atoms with Crippen LogP contribution in [0.15, 0.2) is 60.8 Å². The summed E-state index contributed by atoms with van der Waals surface area (Å²) in [6, 6.07) is 15.0. The molecule has 0 spiro atoms. The second-order valence-corrected chi connectivity index (χ2v) is 7.16. The fourth-order valence-electron chi connectivity index (χ4n) is 3.60. The smallest absolute Gasteiger partial charge is 0.238 e. The summed E-state index contributed by atoms with van der Waals surface area (Å²) in [5, 5.41) is 1.07. The molecular formula is C24H22F2N2O. The van der Waals surface area contributed by atoms with Crippen LogP contribution < -0.4 is 4.74 Å². The molecular weight excluding hydrogens is 370 g/mol. The van der Waals surface area contributed by atoms with Crippen molar-refractivity contribution in [2.45, 2.75) is 26.8 Å². The van der Waals surface area contributed by atoms with Crippen molar-refractivity contribution in [1.82, 2.24) is 9.55 Å². The van der Waals surface area contributed by atoms with Crippen LogP contribution in [0.1, 0.15) is 22.4 Å². The number of ether oxygens (including phenoxy) is 1. The maximum absolute atomic E-state index is 13.7. The standard InChI is InChI=1S/C24H22F2N2O/c1-16-17(2)28(15-19-4-3-5-21(26)14-19)23-22(16)10-12-27-24(23)29-13-11-18-6-8-20(25)9-7-18/h3-10,12,14H,11,13,15H2,1-2H3. The summed E-state index contributed by atoms with van der Waals surface area (Å²) in [4.78, 5) is 4.45. The summed E-state index contributed by atoms with van der Waals surface area (Å²) in [6.45, 7) is 5.09. The molecule has 2 heterocycles. The third kappa shape index (κ3) is 3.99. The molecule has 4 aromatic rings. The lowest BCUT2D eigenvalue weighted by atomic mass is 10.1. The molecule has 0 bridgehead atoms. The molecule has 5 heteroatoms. The maximum Gasteiger partial charge on any atom is 0.238 e. The van der Waals surface area contributed by atoms with Gasteiger partial charge in [-0.25, -0.2) is 13.8 Å². The minimum absolute atomic E-state index is 0.248. The number of hydrogen-bond acceptors (Lipinski definition) is 2. The number of halogens is 2. The van der Waals surface area contributed by atoms with Gasteiger partial charge in [0.15, 0.2) is 0 Å². The van der Waals surface area contributed by atoms with Crippen molar-refractivity contribution in [3.63, 3.8) is 0 Å². The van der Waals surface area contributed by atoms with Crippen LogP contribution in [-0.2, 0) is 13.0 Å². The molecule has 0 radical (unpaired) electrons. The number of nitrogens with zero attached hydrogens (tertiary/aromatic N) is 2. The van der Waals surface area contributed by atoms with Gasteiger partial charge in [-0.15, -0.1) is 0 Å². The summed E-state index contributed by atoms with van der Waals surface area (Å²) in [5.41, 5.74) is 5.04. The van der Waals surface area contributed by atoms with Gasteiger partial charge in [0.2, 0.25) is 5.88 Å². The zero-order valence-electron chi connectivity index (χ0n) is 16.5. The van der Waals surface area contributed by atoms with E-state index in [1.807, 2.05) is 12.1 Å². The van der Waals surface area contributed by atoms with Crippen LogP contribution in [0.3, 0.4) is 0 Å². The zero-order chi connectivity index (χ0) is 20.4. The highest BCUT2D eigenvalue weighted by Crippen LogP contribution is 2.31. The molecule has 0 amide bonds. The summed E-state index contributed by atoms with van der Waals surface area (Å²) in [7, 11) is 0. The third-order valence-corrected chi connectivity index (χ3v) is 5.28. The average molecular weight is 392 g/mol. The highest BCUT2D eigenvalue weighted by Gasteiger charge is 2.16. The fraction of sp³-hybridized carbons (Fsp3) is 0.208. The highest BCUT2D eigenvalue weighted by molar-refractivity contribution is 5.89. The zero-order valence-corrected chi connectivity index (χ0v) is 16.5. The van der Waals surface area contributed by atoms with Gasteiger partial charge in [-0.1, -0.05) is 24.3 Å². The summed E-state index contributed by atoms with van der Waals surface area (Å²) >= 11 is 0. The molecule has 0 aliphatic heterocycles. The number of rotatable bonds is 6. The monoisotopic (exact) mass is 392 g/mol. The molecule has 2 aromatic carbocycles. The van der Waals surface area contributed by atoms with Crippen molar-refractivity contribution in [3.8, 4) is 5.88 Å². The molecule has 0 atom stereocenters. The van der Waals surface area contributed by atoms with E-state index in [0.29, 0.717) is 25.5 Å². The van der Waals surface area contributed by atoms with Crippen molar-refractivity contribution in [2.75, 3.05) is 6.61 Å². The summed E-state index contributed by atoms with van der Waals surface area (Å²) in [5.74, 6) is 0.0571. The lowest BCUT2D eigenvalue weighted by Gasteiger charge is -2.12. The molecule has 4 rings (SSSR count). The van der Waals surface area contributed by atoms with Gasteiger partial charge in [0, 0.05) is 30.2 Å². The normalized spacial score (nSPS) is 11.2. The second kappa shape index (κ2) is 8.03. The van der Waals surface area contributed by atoms with E-state index in [2.05, 4.69) is 23.4 Å². The quantitative estimate of drug-likeness (QED) is 0.427. The highest BCUT2D eigenvalue weighted by atomic mass is 19.1. The topological polar surface area (TPSA) is 27.1 Å². The minimum atomic E-state index is -0.248. The van der Waals surface area contributed by atoms with Crippen LogP contribution in [0, 0.1) is 25.5 Å². The van der Waals surface area contributed by atoms with Crippen LogP contribution in [0.25, 0.3) is 10.9 Å². The lowest BCUT2D eigenvalue weighted by Crippen LogP contribution is -2.07. The Hall–Kier alpha value is -3.21. The third-order valence-electron chi connectivity index (χ3n) is 5.28. The lowest BCUT2D eigenvalue weighted by molar-refractivity contribution is 0.312. The Kier molecular flexibility index (Phi) is 5.30. The van der Waals surface area contributed by atoms with Crippen molar-refractivity contribution < 1.29 is 13.5 Å². The molecule has 0 fully saturated rings. The molecule has 0 aliphatic rings. The molecule has 0 saturated carbocycles. The molecule has 3 nitrogen and oxygen atoms in total. The van der Waals surface area contributed by atoms with E-state index in [4.69, 9.17) is 4.74 Å². The van der Waals surface area contributed by atoms with E-state index in [1.165, 1.54) is 18.2 Å². The van der Waals surface area contributed by atoms with Crippen molar-refractivity contribution in [3.05, 3.63) is 94.8 Å². The van der Waals surface area contributed by atoms with E-state index in [1.54, 1.807) is 30.5 Å². The van der Waals surface area contributed by atoms with Gasteiger partial charge in [-0.3, -0.25) is 0 Å². The van der Waals surface area contributed by atoms with E-state index in [-0.39, 0.29) is 11.6 Å². The van der Waals surface area contributed by atoms with E-state index in [9.17, 15) is 8.78 Å². The number of benzene rings is 2. The van der Waals surface area contributed by atoms with Gasteiger partial charge in [0.05, 0.1) is 6.61 Å². The van der Waals surface area contributed by atoms with Crippen LogP contribution >= 0.6 is 0 Å². The molecule has 29 heavy (non-hydrogen) atoms. The Bertz CT molecular complexity index is 1150. The van der Waals surface area contributed by atoms with E-state index >= 15 is 0 Å². The van der Waals surface area contributed by atoms with Gasteiger partial charge < -0.3 is 9.30 Å². The van der Waals surface area contributed by atoms with Gasteiger partial charge in [0.1, 0.15) is 17.2 Å². The summed E-state index contributed by atoms with van der Waals surface area (Å²) in [6.07, 6.45) is 2.40. The van der Waals surface area contributed by atoms with Crippen LogP contribution in [0.4, 0.5) is 8.78 Å². The predicted molar refractivity (Wildman–Crippen MR) is 110 cm³/mol. The van der Waals surface area contributed by atoms with Gasteiger partial charge in [-0.05, 0) is 60.9 Å². The molecule has 0 aliphatic carbocycles. The van der Waals surface area contributed by atoms with Gasteiger partial charge in [0.25, 0.3) is 0 Å². The Morgan fingerprint density at radius 1 is 0.931 bits per heavy atom. The largest absolute Gasteiger partial charge is 0.476 e. The molecule has 0 saturated heterocycles. The second-order valence-electron chi connectivity index (χ2n) is 7.16. The molecule has 148 valence electrons. The first kappa shape index (κ1) is 19.1. The first-order valence-electron chi connectivity index (χ1n) is 9.59. The number of aryl methyl sites for hydroxylation is 1. The molecule has 0 unspecified atom stereocenters. The maximum atomic E-state index is 13.7. The number of fused-ring (bicyclic) bond motifs is 1. The van der Waals surface area contributed by atoms with E-state index < -0.39 is 0 Å². The Labute approximate surface area is 168 Å². The van der Waals surface area contributed by atoms with Crippen molar-refractivity contribution in [2.24, 2.45) is 0 Å². The summed E-state index contributed by atoms with van der Waals surface area (Å²) < 4.78 is 34.9. The number of hydrogen-bond donors (Lipinski definition) is 0. The first-order chi connectivity index (χ1) is 14.0. The van der Waals surface area contributed by atoms with Crippen LogP contribution in [0.2, 0.25) is 0 Å². The number of aromatic nitrogens is 2. The Morgan fingerprint density at radius 2 is 1.72 bits per heavy atom. The average Bonchev–Trinajstić information content (AvgIpc) is 2.95. The van der Waals surface area contributed by atoms with Crippen molar-refractivity contribution >= 4 is 10.9 Å². The van der Waals surface area contributed by atoms with Crippen LogP contribution in [-0.4, -0.2) is 16.2 Å². The van der Waals surface area contributed by atoms with E-state index in [0.717, 1.165) is 33.3 Å². The Morgan fingerprint density at radius 3 is 2.48 bits per heavy atom. The number of pyridine rings is 1. The SMILES string of the molecule is Cc1c(C)n(Cc2cccc(F)c2)c2c(OCCc3ccc(F)cc3)nccc12. The molecule has 2 aromatic heterocycles. The predicted octanol–water partition coefficient (Wildman–Crippen LogP) is 5.60. The van der Waals surface area contributed by atoms with Crippen molar-refractivity contribution in [1.29, 1.82) is 0 Å². The molecule has 0 N–H and O–H groups in total.